The molecule has 8 aromatic rings. The number of halogens is 4. The van der Waals surface area contributed by atoms with Crippen molar-refractivity contribution in [1.29, 1.82) is 0 Å². The molecule has 1 atom stereocenters. The SMILES string of the molecule is CN(C)C(=O)C1(N(CCO)S(=O)(=O)c2ccc3c(Cl)cnc(N=C(N)N)c3c2)CCCC1.CN(C)C(=O)C1(N(CCOC2CCCCO2)S(=O)(=O)c2ccc3c(Cl)cnc(N=C(N)N)c3c2)CCCC1.CN(C)C(=O)C1(NS(=O)(=O)c2ccc3c(Cl)cnc(N=C(N)N)c3c2)CCCC1.NC(N)=Nc1ncc(Cl)c2ccc(S(=O)(=O)NC3(C(=O)O)CCCC3)cc12. The quantitative estimate of drug-likeness (QED) is 0.0195. The number of aliphatic hydroxyl groups excluding tert-OH is 1. The lowest BCUT2D eigenvalue weighted by Crippen LogP contribution is -2.59. The van der Waals surface area contributed by atoms with Crippen molar-refractivity contribution in [3.8, 4) is 0 Å². The summed E-state index contributed by atoms with van der Waals surface area (Å²) in [7, 11) is -6.80. The van der Waals surface area contributed by atoms with Crippen LogP contribution in [0.15, 0.2) is 137 Å². The van der Waals surface area contributed by atoms with Gasteiger partial charge in [0.1, 0.15) is 22.2 Å². The summed E-state index contributed by atoms with van der Waals surface area (Å²) in [6.45, 7) is 0.0545. The highest BCUT2D eigenvalue weighted by atomic mass is 35.5. The van der Waals surface area contributed by atoms with Crippen molar-refractivity contribution in [2.75, 3.05) is 75.2 Å². The number of fused-ring (bicyclic) bond motifs is 4. The molecule has 682 valence electrons. The number of hydrogen-bond donors (Lipinski definition) is 12. The Balaban J connectivity index is 0.000000177. The number of hydrogen-bond acceptors (Lipinski definition) is 23. The smallest absolute Gasteiger partial charge is 0.324 e. The first-order valence-corrected chi connectivity index (χ1v) is 47.2. The fraction of sp³-hybridized carbons (Fsp3) is 0.443. The van der Waals surface area contributed by atoms with Crippen molar-refractivity contribution < 1.29 is 72.5 Å². The summed E-state index contributed by atoms with van der Waals surface area (Å²) in [5.41, 5.74) is 38.7. The average Bonchev–Trinajstić information content (AvgIpc) is 1.40. The third kappa shape index (κ3) is 21.8. The Morgan fingerprint density at radius 1 is 0.437 bits per heavy atom. The van der Waals surface area contributed by atoms with Crippen LogP contribution in [-0.2, 0) is 68.7 Å². The number of carbonyl (C=O) groups is 4. The average molecular weight is 1900 g/mol. The number of pyridine rings is 4. The maximum Gasteiger partial charge on any atom is 0.324 e. The monoisotopic (exact) mass is 1900 g/mol. The lowest BCUT2D eigenvalue weighted by molar-refractivity contribution is -0.165. The Morgan fingerprint density at radius 3 is 1.04 bits per heavy atom. The third-order valence-electron chi connectivity index (χ3n) is 22.2. The first kappa shape index (κ1) is 98.3. The van der Waals surface area contributed by atoms with Gasteiger partial charge < -0.3 is 80.3 Å². The number of aliphatic imine (C=N–C) groups is 4. The van der Waals surface area contributed by atoms with Crippen LogP contribution in [0.5, 0.6) is 0 Å². The van der Waals surface area contributed by atoms with Crippen LogP contribution < -0.4 is 55.3 Å². The number of ether oxygens (including phenoxy) is 2. The van der Waals surface area contributed by atoms with Crippen LogP contribution in [0.1, 0.15) is 122 Å². The summed E-state index contributed by atoms with van der Waals surface area (Å²) in [5.74, 6) is -2.39. The number of amides is 3. The maximum atomic E-state index is 14.3. The molecular formula is C79H103Cl4N23O16S4. The second-order valence-corrected chi connectivity index (χ2v) is 40.1. The number of nitrogens with zero attached hydrogens (tertiary/aromatic N) is 13. The molecule has 0 spiro atoms. The first-order valence-electron chi connectivity index (χ1n) is 39.9. The van der Waals surface area contributed by atoms with E-state index in [1.54, 1.807) is 60.5 Å². The summed E-state index contributed by atoms with van der Waals surface area (Å²) in [6, 6.07) is 17.4. The molecule has 47 heteroatoms. The molecule has 1 unspecified atom stereocenters. The highest BCUT2D eigenvalue weighted by Crippen LogP contribution is 2.45. The molecule has 5 fully saturated rings. The van der Waals surface area contributed by atoms with Crippen molar-refractivity contribution in [1.82, 2.24) is 52.7 Å². The first-order chi connectivity index (χ1) is 59.3. The Kier molecular flexibility index (Phi) is 31.7. The number of aliphatic hydroxyl groups is 1. The number of nitrogens with one attached hydrogen (secondary N) is 2. The molecule has 4 aromatic heterocycles. The number of carboxylic acids is 1. The minimum absolute atomic E-state index is 0.00559. The van der Waals surface area contributed by atoms with Gasteiger partial charge in [-0.2, -0.15) is 38.0 Å². The summed E-state index contributed by atoms with van der Waals surface area (Å²) < 4.78 is 127. The molecule has 1 saturated heterocycles. The number of carboxylic acid groups (broad SMARTS) is 1. The van der Waals surface area contributed by atoms with E-state index >= 15 is 0 Å². The van der Waals surface area contributed by atoms with E-state index in [2.05, 4.69) is 49.3 Å². The third-order valence-corrected chi connectivity index (χ3v) is 30.4. The minimum atomic E-state index is -4.19. The number of nitrogens with two attached hydrogens (primary N) is 8. The van der Waals surface area contributed by atoms with Gasteiger partial charge in [0.05, 0.1) is 52.9 Å². The van der Waals surface area contributed by atoms with Crippen molar-refractivity contribution in [3.05, 3.63) is 118 Å². The minimum Gasteiger partial charge on any atom is -0.480 e. The van der Waals surface area contributed by atoms with Gasteiger partial charge in [0, 0.05) is 130 Å². The van der Waals surface area contributed by atoms with E-state index in [0.717, 1.165) is 49.3 Å². The van der Waals surface area contributed by atoms with Crippen molar-refractivity contribution >= 4 is 200 Å². The Morgan fingerprint density at radius 2 is 0.738 bits per heavy atom. The highest BCUT2D eigenvalue weighted by Gasteiger charge is 2.54. The van der Waals surface area contributed by atoms with Gasteiger partial charge in [0.2, 0.25) is 57.8 Å². The molecule has 4 saturated carbocycles. The van der Waals surface area contributed by atoms with Gasteiger partial charge in [0.15, 0.2) is 53.4 Å². The fourth-order valence-electron chi connectivity index (χ4n) is 16.4. The van der Waals surface area contributed by atoms with Crippen molar-refractivity contribution in [2.24, 2.45) is 65.8 Å². The number of aliphatic carboxylic acids is 1. The lowest BCUT2D eigenvalue weighted by Gasteiger charge is -2.40. The Bertz CT molecular complexity index is 6050. The topological polar surface area (TPSA) is 613 Å². The van der Waals surface area contributed by atoms with Gasteiger partial charge in [0.25, 0.3) is 0 Å². The number of carbonyl (C=O) groups excluding carboxylic acids is 3. The Hall–Kier alpha value is -9.84. The molecule has 20 N–H and O–H groups in total. The summed E-state index contributed by atoms with van der Waals surface area (Å²) in [5, 5.41) is 24.0. The van der Waals surface area contributed by atoms with Crippen LogP contribution in [0.25, 0.3) is 43.1 Å². The number of rotatable bonds is 26. The number of likely N-dealkylation sites (N-methyl/N-ethyl adjacent to an activating group) is 3. The van der Waals surface area contributed by atoms with Gasteiger partial charge in [-0.3, -0.25) is 19.2 Å². The van der Waals surface area contributed by atoms with Crippen LogP contribution in [0.3, 0.4) is 0 Å². The van der Waals surface area contributed by atoms with Crippen molar-refractivity contribution in [3.63, 3.8) is 0 Å². The largest absolute Gasteiger partial charge is 0.480 e. The van der Waals surface area contributed by atoms with E-state index in [0.29, 0.717) is 134 Å². The molecule has 5 aliphatic rings. The summed E-state index contributed by atoms with van der Waals surface area (Å²) in [4.78, 5) is 87.4. The zero-order valence-electron chi connectivity index (χ0n) is 70.0. The number of benzene rings is 4. The number of aromatic nitrogens is 4. The van der Waals surface area contributed by atoms with E-state index < -0.39 is 74.8 Å². The zero-order valence-corrected chi connectivity index (χ0v) is 76.3. The second-order valence-electron chi connectivity index (χ2n) is 31.4. The van der Waals surface area contributed by atoms with Crippen LogP contribution in [0.4, 0.5) is 23.3 Å². The van der Waals surface area contributed by atoms with E-state index in [9.17, 15) is 63.1 Å². The number of β-amino-alcohol motifs (C(OH)–C–C–N with tert-alkyl or cyclic N) is 1. The molecule has 3 amide bonds. The van der Waals surface area contributed by atoms with Gasteiger partial charge >= 0.3 is 5.97 Å². The van der Waals surface area contributed by atoms with E-state index in [-0.39, 0.29) is 123 Å². The predicted octanol–water partition coefficient (Wildman–Crippen LogP) is 6.85. The molecule has 4 aromatic carbocycles. The van der Waals surface area contributed by atoms with Gasteiger partial charge in [-0.15, -0.1) is 0 Å². The van der Waals surface area contributed by atoms with Crippen LogP contribution >= 0.6 is 46.4 Å². The standard InChI is InChI=1S/C25H35ClN6O5S.C20H27ClN6O4S.C18H23ClN6O3S.C16H18ClN5O4S/c1-31(2)23(33)25(10-4-5-11-25)32(12-14-37-21-7-3-6-13-36-21)38(34,35)17-8-9-18-19(15-17)22(30-24(27)28)29-16-20(18)26;1-26(2)18(29)20(7-3-4-8-20)27(9-10-28)32(30,31)13-5-6-14-15(11-13)17(25-19(22)23)24-12-16(14)21;1-25(2)16(26)18(7-3-4-8-18)24-29(27,28)11-5-6-12-13(9-11)15(23-17(20)21)22-10-14(12)19;17-12-8-20-13(21-15(18)19)11-7-9(3-4-10(11)12)27(25,26)22-16(14(23)24)5-1-2-6-16/h8-9,15-16,21H,3-7,10-14H2,1-2H3,(H4,27,28,29,30);5-6,11-12,28H,3-4,7-10H2,1-2H3,(H4,22,23,24,25);5-6,9-10,24H,3-4,7-8H2,1-2H3,(H4,20,21,22,23);3-4,7-8,22H,1-2,5-6H2,(H,23,24)(H4,18,19,20,21). The lowest BCUT2D eigenvalue weighted by atomic mass is 9.95. The van der Waals surface area contributed by atoms with Gasteiger partial charge in [-0.05, 0) is 119 Å². The molecule has 13 rings (SSSR count). The molecule has 126 heavy (non-hydrogen) atoms. The molecule has 39 nitrogen and oxygen atoms in total. The van der Waals surface area contributed by atoms with Crippen LogP contribution in [-0.4, -0.2) is 238 Å². The van der Waals surface area contributed by atoms with E-state index in [1.165, 1.54) is 98.4 Å². The number of sulfonamides is 4. The molecule has 0 bridgehead atoms. The van der Waals surface area contributed by atoms with E-state index in [4.69, 9.17) is 102 Å². The summed E-state index contributed by atoms with van der Waals surface area (Å²) in [6.07, 6.45) is 16.6. The van der Waals surface area contributed by atoms with Gasteiger partial charge in [-0.1, -0.05) is 122 Å². The predicted molar refractivity (Wildman–Crippen MR) is 482 cm³/mol. The van der Waals surface area contributed by atoms with Crippen molar-refractivity contribution in [2.45, 2.75) is 170 Å². The molecule has 1 aliphatic heterocycles. The fourth-order valence-corrected chi connectivity index (χ4v) is 23.8. The zero-order chi connectivity index (χ0) is 92.4. The second kappa shape index (κ2) is 40.6. The van der Waals surface area contributed by atoms with E-state index in [1.807, 2.05) is 0 Å². The van der Waals surface area contributed by atoms with Crippen LogP contribution in [0.2, 0.25) is 20.1 Å². The summed E-state index contributed by atoms with van der Waals surface area (Å²) >= 11 is 24.9. The normalized spacial score (nSPS) is 17.1. The van der Waals surface area contributed by atoms with Gasteiger partial charge in [-0.25, -0.2) is 53.6 Å². The molecule has 5 heterocycles. The number of guanidine groups is 4. The highest BCUT2D eigenvalue weighted by molar-refractivity contribution is 7.90. The molecule has 4 aliphatic carbocycles. The molecule has 0 radical (unpaired) electrons. The van der Waals surface area contributed by atoms with Crippen LogP contribution in [0, 0.1) is 0 Å². The molecular weight excluding hydrogens is 1800 g/mol. The maximum absolute atomic E-state index is 14.3. The Labute approximate surface area is 749 Å².